The monoisotopic (exact) mass is 309 g/mol. The highest BCUT2D eigenvalue weighted by atomic mass is 16.5. The molecule has 2 aromatic heterocycles. The van der Waals surface area contributed by atoms with Gasteiger partial charge in [0.1, 0.15) is 17.9 Å². The Kier molecular flexibility index (Phi) is 4.69. The van der Waals surface area contributed by atoms with Crippen LogP contribution in [0.2, 0.25) is 0 Å². The van der Waals surface area contributed by atoms with Crippen molar-refractivity contribution in [3.8, 4) is 11.8 Å². The molecule has 0 bridgehead atoms. The van der Waals surface area contributed by atoms with Crippen molar-refractivity contribution >= 4 is 5.69 Å². The molecule has 0 radical (unpaired) electrons. The molecule has 0 aromatic carbocycles. The van der Waals surface area contributed by atoms with Crippen LogP contribution in [0.25, 0.3) is 0 Å². The highest BCUT2D eigenvalue weighted by Crippen LogP contribution is 2.18. The average Bonchev–Trinajstić information content (AvgIpc) is 3.06. The lowest BCUT2D eigenvalue weighted by Crippen LogP contribution is -2.19. The van der Waals surface area contributed by atoms with Crippen molar-refractivity contribution in [2.75, 3.05) is 18.4 Å². The zero-order valence-corrected chi connectivity index (χ0v) is 13.0. The zero-order valence-electron chi connectivity index (χ0n) is 13.0. The molecule has 1 unspecified atom stereocenters. The molecule has 0 aliphatic carbocycles. The normalized spacial score (nSPS) is 16.8. The van der Waals surface area contributed by atoms with Crippen molar-refractivity contribution in [3.63, 3.8) is 0 Å². The standard InChI is InChI=1S/C17H19N5O/c1-12-6-17(13(8-18)9-21-12)22-10-14-7-15(3-5-20-14)23-16-2-4-19-11-16/h3,5-7,9,16,19H,2,4,10-11H2,1H3,(H,21,22). The SMILES string of the molecule is Cc1cc(NCc2cc(OC3CCNC3)ccn2)c(C#N)cn1. The lowest BCUT2D eigenvalue weighted by molar-refractivity contribution is 0.222. The Bertz CT molecular complexity index is 719. The molecule has 0 amide bonds. The van der Waals surface area contributed by atoms with Crippen LogP contribution in [0.5, 0.6) is 5.75 Å². The van der Waals surface area contributed by atoms with E-state index in [-0.39, 0.29) is 6.10 Å². The number of rotatable bonds is 5. The number of pyridine rings is 2. The van der Waals surface area contributed by atoms with E-state index in [9.17, 15) is 0 Å². The smallest absolute Gasteiger partial charge is 0.123 e. The first-order chi connectivity index (χ1) is 11.2. The van der Waals surface area contributed by atoms with E-state index < -0.39 is 0 Å². The molecular weight excluding hydrogens is 290 g/mol. The van der Waals surface area contributed by atoms with Gasteiger partial charge in [-0.3, -0.25) is 9.97 Å². The van der Waals surface area contributed by atoms with Gasteiger partial charge in [0.15, 0.2) is 0 Å². The predicted octanol–water partition coefficient (Wildman–Crippen LogP) is 2.01. The second kappa shape index (κ2) is 7.07. The first kappa shape index (κ1) is 15.3. The first-order valence-corrected chi connectivity index (χ1v) is 7.67. The molecule has 1 aliphatic heterocycles. The van der Waals surface area contributed by atoms with Crippen LogP contribution in [0, 0.1) is 18.3 Å². The molecule has 6 heteroatoms. The van der Waals surface area contributed by atoms with Crippen LogP contribution in [0.15, 0.2) is 30.6 Å². The van der Waals surface area contributed by atoms with E-state index in [1.807, 2.05) is 25.1 Å². The quantitative estimate of drug-likeness (QED) is 0.879. The fourth-order valence-electron chi connectivity index (χ4n) is 2.53. The van der Waals surface area contributed by atoms with E-state index in [0.29, 0.717) is 12.1 Å². The number of hydrogen-bond donors (Lipinski definition) is 2. The van der Waals surface area contributed by atoms with Gasteiger partial charge in [0, 0.05) is 30.7 Å². The van der Waals surface area contributed by atoms with E-state index in [1.165, 1.54) is 0 Å². The van der Waals surface area contributed by atoms with E-state index >= 15 is 0 Å². The lowest BCUT2D eigenvalue weighted by Gasteiger charge is -2.13. The highest BCUT2D eigenvalue weighted by Gasteiger charge is 2.16. The van der Waals surface area contributed by atoms with Gasteiger partial charge in [0.2, 0.25) is 0 Å². The minimum Gasteiger partial charge on any atom is -0.489 e. The number of aromatic nitrogens is 2. The summed E-state index contributed by atoms with van der Waals surface area (Å²) in [5, 5.41) is 15.7. The molecule has 6 nitrogen and oxygen atoms in total. The Morgan fingerprint density at radius 3 is 3.13 bits per heavy atom. The fourth-order valence-corrected chi connectivity index (χ4v) is 2.53. The summed E-state index contributed by atoms with van der Waals surface area (Å²) in [6.07, 6.45) is 4.58. The summed E-state index contributed by atoms with van der Waals surface area (Å²) in [6.45, 7) is 4.31. The van der Waals surface area contributed by atoms with Gasteiger partial charge < -0.3 is 15.4 Å². The number of aryl methyl sites for hydroxylation is 1. The van der Waals surface area contributed by atoms with Crippen LogP contribution in [0.4, 0.5) is 5.69 Å². The molecule has 0 saturated carbocycles. The van der Waals surface area contributed by atoms with Gasteiger partial charge in [-0.1, -0.05) is 0 Å². The summed E-state index contributed by atoms with van der Waals surface area (Å²) in [5.41, 5.74) is 3.03. The van der Waals surface area contributed by atoms with Crippen LogP contribution >= 0.6 is 0 Å². The maximum Gasteiger partial charge on any atom is 0.123 e. The summed E-state index contributed by atoms with van der Waals surface area (Å²) in [6, 6.07) is 7.82. The zero-order chi connectivity index (χ0) is 16.1. The van der Waals surface area contributed by atoms with E-state index in [0.717, 1.165) is 42.3 Å². The third kappa shape index (κ3) is 3.96. The fraction of sp³-hybridized carbons (Fsp3) is 0.353. The second-order valence-electron chi connectivity index (χ2n) is 5.55. The Labute approximate surface area is 135 Å². The van der Waals surface area contributed by atoms with E-state index in [4.69, 9.17) is 10.00 Å². The van der Waals surface area contributed by atoms with Gasteiger partial charge in [-0.2, -0.15) is 5.26 Å². The molecule has 0 spiro atoms. The topological polar surface area (TPSA) is 82.9 Å². The van der Waals surface area contributed by atoms with Crippen molar-refractivity contribution in [3.05, 3.63) is 47.5 Å². The number of hydrogen-bond acceptors (Lipinski definition) is 6. The van der Waals surface area contributed by atoms with Gasteiger partial charge in [0.25, 0.3) is 0 Å². The molecule has 2 aromatic rings. The van der Waals surface area contributed by atoms with E-state index in [2.05, 4.69) is 26.7 Å². The van der Waals surface area contributed by atoms with Crippen LogP contribution in [0.1, 0.15) is 23.4 Å². The number of nitrogens with one attached hydrogen (secondary N) is 2. The molecule has 1 aliphatic rings. The van der Waals surface area contributed by atoms with Crippen molar-refractivity contribution in [1.29, 1.82) is 5.26 Å². The molecule has 3 rings (SSSR count). The van der Waals surface area contributed by atoms with Crippen molar-refractivity contribution < 1.29 is 4.74 Å². The lowest BCUT2D eigenvalue weighted by atomic mass is 10.2. The van der Waals surface area contributed by atoms with Gasteiger partial charge >= 0.3 is 0 Å². The van der Waals surface area contributed by atoms with Crippen molar-refractivity contribution in [2.24, 2.45) is 0 Å². The molecule has 1 saturated heterocycles. The Morgan fingerprint density at radius 1 is 1.43 bits per heavy atom. The second-order valence-corrected chi connectivity index (χ2v) is 5.55. The Balaban J connectivity index is 1.66. The summed E-state index contributed by atoms with van der Waals surface area (Å²) in [4.78, 5) is 8.48. The number of nitrogens with zero attached hydrogens (tertiary/aromatic N) is 3. The van der Waals surface area contributed by atoms with Crippen LogP contribution in [0.3, 0.4) is 0 Å². The first-order valence-electron chi connectivity index (χ1n) is 7.67. The van der Waals surface area contributed by atoms with Gasteiger partial charge in [-0.25, -0.2) is 0 Å². The van der Waals surface area contributed by atoms with Gasteiger partial charge in [-0.05, 0) is 32.0 Å². The summed E-state index contributed by atoms with van der Waals surface area (Å²) < 4.78 is 5.94. The molecule has 118 valence electrons. The maximum absolute atomic E-state index is 9.14. The van der Waals surface area contributed by atoms with Crippen LogP contribution < -0.4 is 15.4 Å². The van der Waals surface area contributed by atoms with Gasteiger partial charge in [-0.15, -0.1) is 0 Å². The molecule has 2 N–H and O–H groups in total. The number of nitriles is 1. The molecule has 3 heterocycles. The van der Waals surface area contributed by atoms with Crippen molar-refractivity contribution in [1.82, 2.24) is 15.3 Å². The predicted molar refractivity (Wildman–Crippen MR) is 87.2 cm³/mol. The summed E-state index contributed by atoms with van der Waals surface area (Å²) in [5.74, 6) is 0.830. The number of anilines is 1. The third-order valence-electron chi connectivity index (χ3n) is 3.73. The largest absolute Gasteiger partial charge is 0.489 e. The Hall–Kier alpha value is -2.65. The van der Waals surface area contributed by atoms with Crippen molar-refractivity contribution in [2.45, 2.75) is 26.0 Å². The molecule has 1 atom stereocenters. The minimum absolute atomic E-state index is 0.228. The van der Waals surface area contributed by atoms with Crippen LogP contribution in [-0.4, -0.2) is 29.2 Å². The highest BCUT2D eigenvalue weighted by molar-refractivity contribution is 5.57. The summed E-state index contributed by atoms with van der Waals surface area (Å²) in [7, 11) is 0. The molecule has 23 heavy (non-hydrogen) atoms. The Morgan fingerprint density at radius 2 is 2.35 bits per heavy atom. The summed E-state index contributed by atoms with van der Waals surface area (Å²) >= 11 is 0. The van der Waals surface area contributed by atoms with E-state index in [1.54, 1.807) is 12.4 Å². The molecule has 1 fully saturated rings. The average molecular weight is 309 g/mol. The third-order valence-corrected chi connectivity index (χ3v) is 3.73. The molecular formula is C17H19N5O. The minimum atomic E-state index is 0.228. The number of ether oxygens (including phenoxy) is 1. The van der Waals surface area contributed by atoms with Crippen LogP contribution in [-0.2, 0) is 6.54 Å². The van der Waals surface area contributed by atoms with Gasteiger partial charge in [0.05, 0.1) is 23.5 Å². The maximum atomic E-state index is 9.14.